The maximum atomic E-state index is 11.6. The fourth-order valence-electron chi connectivity index (χ4n) is 1.53. The van der Waals surface area contributed by atoms with E-state index in [0.717, 1.165) is 5.69 Å². The van der Waals surface area contributed by atoms with Gasteiger partial charge in [-0.3, -0.25) is 0 Å². The summed E-state index contributed by atoms with van der Waals surface area (Å²) < 4.78 is 4.71. The Bertz CT molecular complexity index is 473. The van der Waals surface area contributed by atoms with E-state index in [2.05, 4.69) is 15.5 Å². The van der Waals surface area contributed by atoms with Crippen LogP contribution in [0, 0.1) is 6.92 Å². The van der Waals surface area contributed by atoms with E-state index in [1.54, 1.807) is 12.3 Å². The molecule has 1 aromatic heterocycles. The molecule has 1 atom stereocenters. The van der Waals surface area contributed by atoms with Crippen LogP contribution < -0.4 is 10.5 Å². The Hall–Kier alpha value is -1.95. The topological polar surface area (TPSA) is 66.8 Å². The standard InChI is InChI=1S/C11H14N4O2/c1-7-4-5-9(10(13-7)11(16)17-3)15-12-6-8(2)14-15/h4-6,8,14H,1-3H3. The summed E-state index contributed by atoms with van der Waals surface area (Å²) in [4.78, 5) is 15.8. The highest BCUT2D eigenvalue weighted by atomic mass is 16.5. The van der Waals surface area contributed by atoms with Gasteiger partial charge in [-0.25, -0.2) is 15.2 Å². The van der Waals surface area contributed by atoms with Crippen LogP contribution in [0.2, 0.25) is 0 Å². The Balaban J connectivity index is 2.39. The number of ether oxygens (including phenoxy) is 1. The minimum absolute atomic E-state index is 0.127. The minimum atomic E-state index is -0.472. The highest BCUT2D eigenvalue weighted by Gasteiger charge is 2.22. The second-order valence-electron chi connectivity index (χ2n) is 3.81. The number of aromatic nitrogens is 1. The van der Waals surface area contributed by atoms with Gasteiger partial charge in [0.15, 0.2) is 5.69 Å². The van der Waals surface area contributed by atoms with Crippen LogP contribution in [0.1, 0.15) is 23.1 Å². The molecule has 1 aliphatic heterocycles. The van der Waals surface area contributed by atoms with Gasteiger partial charge in [0.1, 0.15) is 5.69 Å². The smallest absolute Gasteiger partial charge is 0.358 e. The average molecular weight is 234 g/mol. The van der Waals surface area contributed by atoms with Crippen LogP contribution in [0.25, 0.3) is 0 Å². The van der Waals surface area contributed by atoms with E-state index in [9.17, 15) is 4.79 Å². The summed E-state index contributed by atoms with van der Waals surface area (Å²) in [5, 5.41) is 5.67. The van der Waals surface area contributed by atoms with Crippen LogP contribution in [-0.4, -0.2) is 30.3 Å². The number of anilines is 1. The summed E-state index contributed by atoms with van der Waals surface area (Å²) in [5.74, 6) is -0.472. The second-order valence-corrected chi connectivity index (χ2v) is 3.81. The molecule has 1 N–H and O–H groups in total. The lowest BCUT2D eigenvalue weighted by molar-refractivity contribution is 0.0594. The van der Waals surface area contributed by atoms with Crippen LogP contribution in [0.4, 0.5) is 5.69 Å². The van der Waals surface area contributed by atoms with Crippen LogP contribution in [-0.2, 0) is 4.74 Å². The molecule has 0 fully saturated rings. The molecule has 17 heavy (non-hydrogen) atoms. The van der Waals surface area contributed by atoms with Crippen molar-refractivity contribution < 1.29 is 9.53 Å². The SMILES string of the molecule is COC(=O)c1nc(C)ccc1N1N=CC(C)N1. The highest BCUT2D eigenvalue weighted by molar-refractivity contribution is 5.94. The summed E-state index contributed by atoms with van der Waals surface area (Å²) >= 11 is 0. The molecule has 0 aromatic carbocycles. The van der Waals surface area contributed by atoms with Gasteiger partial charge in [0.25, 0.3) is 0 Å². The quantitative estimate of drug-likeness (QED) is 0.769. The summed E-state index contributed by atoms with van der Waals surface area (Å²) in [6, 6.07) is 3.74. The predicted octanol–water partition coefficient (Wildman–Crippen LogP) is 0.876. The van der Waals surface area contributed by atoms with E-state index >= 15 is 0 Å². The normalized spacial score (nSPS) is 18.5. The lowest BCUT2D eigenvalue weighted by Gasteiger charge is -2.18. The number of rotatable bonds is 2. The first-order chi connectivity index (χ1) is 8.11. The lowest BCUT2D eigenvalue weighted by Crippen LogP contribution is -2.35. The van der Waals surface area contributed by atoms with Crippen LogP contribution >= 0.6 is 0 Å². The molecule has 0 spiro atoms. The Morgan fingerprint density at radius 1 is 1.53 bits per heavy atom. The maximum absolute atomic E-state index is 11.6. The van der Waals surface area contributed by atoms with E-state index in [4.69, 9.17) is 4.74 Å². The molecular formula is C11H14N4O2. The zero-order valence-corrected chi connectivity index (χ0v) is 9.97. The van der Waals surface area contributed by atoms with Gasteiger partial charge in [-0.15, -0.1) is 0 Å². The zero-order chi connectivity index (χ0) is 12.4. The Morgan fingerprint density at radius 3 is 2.88 bits per heavy atom. The molecule has 90 valence electrons. The van der Waals surface area contributed by atoms with Gasteiger partial charge >= 0.3 is 5.97 Å². The molecule has 6 heteroatoms. The first-order valence-electron chi connectivity index (χ1n) is 5.28. The molecule has 2 rings (SSSR count). The number of hydrazine groups is 1. The van der Waals surface area contributed by atoms with Crippen molar-refractivity contribution in [3.8, 4) is 0 Å². The van der Waals surface area contributed by atoms with E-state index in [1.807, 2.05) is 19.9 Å². The molecule has 0 amide bonds. The molecule has 0 saturated carbocycles. The van der Waals surface area contributed by atoms with Crippen LogP contribution in [0.3, 0.4) is 0 Å². The Morgan fingerprint density at radius 2 is 2.29 bits per heavy atom. The van der Waals surface area contributed by atoms with Crippen molar-refractivity contribution in [1.29, 1.82) is 0 Å². The van der Waals surface area contributed by atoms with E-state index < -0.39 is 5.97 Å². The third-order valence-corrected chi connectivity index (χ3v) is 2.35. The van der Waals surface area contributed by atoms with Crippen molar-refractivity contribution in [1.82, 2.24) is 10.4 Å². The number of methoxy groups -OCH3 is 1. The lowest BCUT2D eigenvalue weighted by atomic mass is 10.2. The monoisotopic (exact) mass is 234 g/mol. The summed E-state index contributed by atoms with van der Waals surface area (Å²) in [7, 11) is 1.33. The molecule has 0 saturated heterocycles. The second kappa shape index (κ2) is 4.50. The van der Waals surface area contributed by atoms with Crippen molar-refractivity contribution >= 4 is 17.9 Å². The molecule has 0 radical (unpaired) electrons. The summed E-state index contributed by atoms with van der Waals surface area (Å²) in [5.41, 5.74) is 4.67. The molecule has 6 nitrogen and oxygen atoms in total. The molecule has 0 bridgehead atoms. The number of carbonyl (C=O) groups is 1. The number of pyridine rings is 1. The molecule has 0 aliphatic carbocycles. The van der Waals surface area contributed by atoms with E-state index in [0.29, 0.717) is 5.69 Å². The minimum Gasteiger partial charge on any atom is -0.464 e. The number of esters is 1. The van der Waals surface area contributed by atoms with Gasteiger partial charge in [-0.05, 0) is 26.0 Å². The Kier molecular flexibility index (Phi) is 3.06. The molecular weight excluding hydrogens is 220 g/mol. The molecule has 1 aromatic rings. The first kappa shape index (κ1) is 11.5. The third kappa shape index (κ3) is 2.26. The number of aryl methyl sites for hydroxylation is 1. The van der Waals surface area contributed by atoms with Gasteiger partial charge in [0.05, 0.1) is 13.2 Å². The largest absolute Gasteiger partial charge is 0.464 e. The van der Waals surface area contributed by atoms with Gasteiger partial charge in [-0.1, -0.05) is 0 Å². The van der Waals surface area contributed by atoms with Crippen molar-refractivity contribution in [3.05, 3.63) is 23.5 Å². The number of nitrogens with one attached hydrogen (secondary N) is 1. The number of hydrazone groups is 1. The van der Waals surface area contributed by atoms with Crippen molar-refractivity contribution in [3.63, 3.8) is 0 Å². The van der Waals surface area contributed by atoms with Crippen molar-refractivity contribution in [2.75, 3.05) is 12.2 Å². The summed E-state index contributed by atoms with van der Waals surface area (Å²) in [6.07, 6.45) is 1.75. The van der Waals surface area contributed by atoms with Crippen molar-refractivity contribution in [2.24, 2.45) is 5.10 Å². The van der Waals surface area contributed by atoms with Crippen molar-refractivity contribution in [2.45, 2.75) is 19.9 Å². The number of nitrogens with zero attached hydrogens (tertiary/aromatic N) is 3. The van der Waals surface area contributed by atoms with Crippen LogP contribution in [0.15, 0.2) is 17.2 Å². The van der Waals surface area contributed by atoms with Gasteiger partial charge in [0.2, 0.25) is 0 Å². The van der Waals surface area contributed by atoms with Gasteiger partial charge < -0.3 is 4.74 Å². The predicted molar refractivity (Wildman–Crippen MR) is 63.9 cm³/mol. The van der Waals surface area contributed by atoms with E-state index in [-0.39, 0.29) is 11.7 Å². The van der Waals surface area contributed by atoms with Crippen LogP contribution in [0.5, 0.6) is 0 Å². The Labute approximate surface area is 99.3 Å². The molecule has 2 heterocycles. The zero-order valence-electron chi connectivity index (χ0n) is 9.97. The van der Waals surface area contributed by atoms with Gasteiger partial charge in [-0.2, -0.15) is 10.2 Å². The number of hydrogen-bond acceptors (Lipinski definition) is 6. The average Bonchev–Trinajstić information content (AvgIpc) is 2.74. The third-order valence-electron chi connectivity index (χ3n) is 2.35. The van der Waals surface area contributed by atoms with E-state index in [1.165, 1.54) is 12.2 Å². The summed E-state index contributed by atoms with van der Waals surface area (Å²) in [6.45, 7) is 3.78. The fraction of sp³-hybridized carbons (Fsp3) is 0.364. The number of carbonyl (C=O) groups excluding carboxylic acids is 1. The van der Waals surface area contributed by atoms with Gasteiger partial charge in [0, 0.05) is 11.9 Å². The first-order valence-corrected chi connectivity index (χ1v) is 5.28. The maximum Gasteiger partial charge on any atom is 0.358 e. The highest BCUT2D eigenvalue weighted by Crippen LogP contribution is 2.20. The fourth-order valence-corrected chi connectivity index (χ4v) is 1.53. The molecule has 1 aliphatic rings. The number of hydrogen-bond donors (Lipinski definition) is 1. The molecule has 1 unspecified atom stereocenters.